The van der Waals surface area contributed by atoms with E-state index in [1.165, 1.54) is 0 Å². The highest BCUT2D eigenvalue weighted by atomic mass is 15.4. The van der Waals surface area contributed by atoms with Gasteiger partial charge in [-0.2, -0.15) is 5.26 Å². The van der Waals surface area contributed by atoms with Crippen molar-refractivity contribution in [2.24, 2.45) is 0 Å². The largest absolute Gasteiger partial charge is 0.381 e. The van der Waals surface area contributed by atoms with Crippen LogP contribution in [0.15, 0.2) is 24.5 Å². The molecule has 0 unspecified atom stereocenters. The molecule has 0 aliphatic heterocycles. The highest BCUT2D eigenvalue weighted by molar-refractivity contribution is 5.29. The van der Waals surface area contributed by atoms with Crippen LogP contribution in [0, 0.1) is 11.3 Å². The molecule has 2 rings (SSSR count). The number of pyridine rings is 1. The zero-order chi connectivity index (χ0) is 10.7. The molecule has 0 fully saturated rings. The number of nitrogens with two attached hydrogens (primary N) is 1. The summed E-state index contributed by atoms with van der Waals surface area (Å²) in [6, 6.07) is 5.41. The zero-order valence-corrected chi connectivity index (χ0v) is 7.83. The maximum atomic E-state index is 8.70. The molecule has 0 aromatic carbocycles. The highest BCUT2D eigenvalue weighted by Crippen LogP contribution is 2.03. The molecular formula is C9H8N6. The summed E-state index contributed by atoms with van der Waals surface area (Å²) in [5, 5.41) is 16.1. The highest BCUT2D eigenvalue weighted by Gasteiger charge is 2.00. The molecule has 6 nitrogen and oxygen atoms in total. The van der Waals surface area contributed by atoms with Gasteiger partial charge in [-0.05, 0) is 12.1 Å². The van der Waals surface area contributed by atoms with E-state index in [4.69, 9.17) is 11.0 Å². The molecule has 0 saturated heterocycles. The van der Waals surface area contributed by atoms with Gasteiger partial charge in [0, 0.05) is 6.20 Å². The Morgan fingerprint density at radius 2 is 2.40 bits per heavy atom. The SMILES string of the molecule is N#Cc1ccnc(Cn2cc(N)nn2)c1. The van der Waals surface area contributed by atoms with Crippen LogP contribution in [0.3, 0.4) is 0 Å². The van der Waals surface area contributed by atoms with Crippen LogP contribution >= 0.6 is 0 Å². The summed E-state index contributed by atoms with van der Waals surface area (Å²) in [7, 11) is 0. The topological polar surface area (TPSA) is 93.4 Å². The summed E-state index contributed by atoms with van der Waals surface area (Å²) in [5.41, 5.74) is 6.75. The van der Waals surface area contributed by atoms with Crippen molar-refractivity contribution in [3.05, 3.63) is 35.8 Å². The van der Waals surface area contributed by atoms with Gasteiger partial charge in [0.05, 0.1) is 30.1 Å². The molecule has 2 N–H and O–H groups in total. The average molecular weight is 200 g/mol. The zero-order valence-electron chi connectivity index (χ0n) is 7.83. The van der Waals surface area contributed by atoms with Gasteiger partial charge in [0.15, 0.2) is 5.82 Å². The predicted molar refractivity (Wildman–Crippen MR) is 52.5 cm³/mol. The number of rotatable bonds is 2. The average Bonchev–Trinajstić information content (AvgIpc) is 2.64. The van der Waals surface area contributed by atoms with Gasteiger partial charge in [0.25, 0.3) is 0 Å². The van der Waals surface area contributed by atoms with E-state index in [9.17, 15) is 0 Å². The summed E-state index contributed by atoms with van der Waals surface area (Å²) < 4.78 is 1.57. The van der Waals surface area contributed by atoms with Gasteiger partial charge >= 0.3 is 0 Å². The summed E-state index contributed by atoms with van der Waals surface area (Å²) in [5.74, 6) is 0.367. The van der Waals surface area contributed by atoms with Crippen LogP contribution in [-0.2, 0) is 6.54 Å². The van der Waals surface area contributed by atoms with Crippen LogP contribution in [0.4, 0.5) is 5.82 Å². The molecule has 2 heterocycles. The van der Waals surface area contributed by atoms with Crippen LogP contribution in [-0.4, -0.2) is 20.0 Å². The van der Waals surface area contributed by atoms with E-state index >= 15 is 0 Å². The molecule has 0 bridgehead atoms. The lowest BCUT2D eigenvalue weighted by atomic mass is 10.2. The van der Waals surface area contributed by atoms with Crippen LogP contribution in [0.2, 0.25) is 0 Å². The standard InChI is InChI=1S/C9H8N6/c10-4-7-1-2-12-8(3-7)5-15-6-9(11)13-14-15/h1-3,6H,5,11H2. The Kier molecular flexibility index (Phi) is 2.29. The lowest BCUT2D eigenvalue weighted by molar-refractivity contribution is 0.638. The Labute approximate surface area is 86.0 Å². The lowest BCUT2D eigenvalue weighted by Crippen LogP contribution is -2.02. The fourth-order valence-corrected chi connectivity index (χ4v) is 1.19. The number of anilines is 1. The van der Waals surface area contributed by atoms with Crippen molar-refractivity contribution in [3.8, 4) is 6.07 Å². The first-order chi connectivity index (χ1) is 7.28. The van der Waals surface area contributed by atoms with E-state index in [0.717, 1.165) is 5.69 Å². The molecule has 2 aromatic rings. The Balaban J connectivity index is 2.21. The Bertz CT molecular complexity index is 509. The molecule has 0 aliphatic rings. The molecule has 74 valence electrons. The lowest BCUT2D eigenvalue weighted by Gasteiger charge is -1.99. The molecule has 6 heteroatoms. The second-order valence-corrected chi connectivity index (χ2v) is 2.99. The van der Waals surface area contributed by atoms with Crippen molar-refractivity contribution in [2.75, 3.05) is 5.73 Å². The van der Waals surface area contributed by atoms with Gasteiger partial charge < -0.3 is 5.73 Å². The first kappa shape index (κ1) is 9.15. The van der Waals surface area contributed by atoms with Gasteiger partial charge in [0.1, 0.15) is 0 Å². The minimum Gasteiger partial charge on any atom is -0.381 e. The maximum absolute atomic E-state index is 8.70. The Morgan fingerprint density at radius 3 is 3.07 bits per heavy atom. The minimum atomic E-state index is 0.367. The second-order valence-electron chi connectivity index (χ2n) is 2.99. The summed E-state index contributed by atoms with van der Waals surface area (Å²) in [4.78, 5) is 4.11. The third kappa shape index (κ3) is 2.08. The van der Waals surface area contributed by atoms with Crippen molar-refractivity contribution in [1.82, 2.24) is 20.0 Å². The number of nitrogen functional groups attached to an aromatic ring is 1. The van der Waals surface area contributed by atoms with Crippen molar-refractivity contribution in [1.29, 1.82) is 5.26 Å². The summed E-state index contributed by atoms with van der Waals surface area (Å²) in [6.07, 6.45) is 3.20. The summed E-state index contributed by atoms with van der Waals surface area (Å²) in [6.45, 7) is 0.458. The fraction of sp³-hybridized carbons (Fsp3) is 0.111. The van der Waals surface area contributed by atoms with Gasteiger partial charge in [-0.25, -0.2) is 4.68 Å². The number of aromatic nitrogens is 4. The Hall–Kier alpha value is -2.42. The van der Waals surface area contributed by atoms with E-state index in [0.29, 0.717) is 17.9 Å². The van der Waals surface area contributed by atoms with E-state index < -0.39 is 0 Å². The number of hydrogen-bond acceptors (Lipinski definition) is 5. The Morgan fingerprint density at radius 1 is 1.53 bits per heavy atom. The molecule has 0 radical (unpaired) electrons. The van der Waals surface area contributed by atoms with Gasteiger partial charge in [-0.3, -0.25) is 4.98 Å². The summed E-state index contributed by atoms with van der Waals surface area (Å²) >= 11 is 0. The maximum Gasteiger partial charge on any atom is 0.165 e. The monoisotopic (exact) mass is 200 g/mol. The molecule has 15 heavy (non-hydrogen) atoms. The van der Waals surface area contributed by atoms with Crippen LogP contribution in [0.5, 0.6) is 0 Å². The molecule has 0 spiro atoms. The fourth-order valence-electron chi connectivity index (χ4n) is 1.19. The van der Waals surface area contributed by atoms with E-state index in [1.807, 2.05) is 6.07 Å². The van der Waals surface area contributed by atoms with Crippen LogP contribution < -0.4 is 5.73 Å². The third-order valence-electron chi connectivity index (χ3n) is 1.83. The predicted octanol–water partition coefficient (Wildman–Crippen LogP) is 0.175. The van der Waals surface area contributed by atoms with Gasteiger partial charge in [-0.15, -0.1) is 5.10 Å². The van der Waals surface area contributed by atoms with E-state index in [1.54, 1.807) is 29.2 Å². The number of hydrogen-bond donors (Lipinski definition) is 1. The third-order valence-corrected chi connectivity index (χ3v) is 1.83. The van der Waals surface area contributed by atoms with Gasteiger partial charge in [-0.1, -0.05) is 5.21 Å². The molecule has 0 saturated carbocycles. The minimum absolute atomic E-state index is 0.367. The first-order valence-electron chi connectivity index (χ1n) is 4.28. The number of nitriles is 1. The first-order valence-corrected chi connectivity index (χ1v) is 4.28. The second kappa shape index (κ2) is 3.75. The molecule has 0 atom stereocenters. The van der Waals surface area contributed by atoms with Crippen molar-refractivity contribution < 1.29 is 0 Å². The molecule has 0 amide bonds. The van der Waals surface area contributed by atoms with Crippen molar-refractivity contribution in [3.63, 3.8) is 0 Å². The molecule has 2 aromatic heterocycles. The smallest absolute Gasteiger partial charge is 0.165 e. The molecule has 0 aliphatic carbocycles. The quantitative estimate of drug-likeness (QED) is 0.746. The molecular weight excluding hydrogens is 192 g/mol. The van der Waals surface area contributed by atoms with E-state index in [-0.39, 0.29) is 0 Å². The van der Waals surface area contributed by atoms with Crippen molar-refractivity contribution in [2.45, 2.75) is 6.54 Å². The van der Waals surface area contributed by atoms with E-state index in [2.05, 4.69) is 15.3 Å². The van der Waals surface area contributed by atoms with Gasteiger partial charge in [0.2, 0.25) is 0 Å². The van der Waals surface area contributed by atoms with Crippen molar-refractivity contribution >= 4 is 5.82 Å². The normalized spacial score (nSPS) is 9.80. The van der Waals surface area contributed by atoms with Crippen LogP contribution in [0.1, 0.15) is 11.3 Å². The van der Waals surface area contributed by atoms with Crippen LogP contribution in [0.25, 0.3) is 0 Å². The number of nitrogens with zero attached hydrogens (tertiary/aromatic N) is 5.